The van der Waals surface area contributed by atoms with Crippen molar-refractivity contribution in [1.29, 1.82) is 0 Å². The van der Waals surface area contributed by atoms with E-state index in [9.17, 15) is 4.79 Å². The van der Waals surface area contributed by atoms with Gasteiger partial charge in [-0.1, -0.05) is 19.9 Å². The molecule has 0 aliphatic carbocycles. The van der Waals surface area contributed by atoms with Crippen molar-refractivity contribution in [1.82, 2.24) is 5.32 Å². The van der Waals surface area contributed by atoms with Crippen LogP contribution in [0, 0.1) is 9.49 Å². The predicted molar refractivity (Wildman–Crippen MR) is 78.9 cm³/mol. The minimum atomic E-state index is -0.0420. The van der Waals surface area contributed by atoms with E-state index in [-0.39, 0.29) is 11.9 Å². The number of rotatable bonds is 5. The number of benzene rings is 1. The molecule has 94 valence electrons. The Morgan fingerprint density at radius 2 is 2.18 bits per heavy atom. The summed E-state index contributed by atoms with van der Waals surface area (Å²) < 4.78 is 1.06. The van der Waals surface area contributed by atoms with E-state index in [1.807, 2.05) is 24.3 Å². The number of hydrogen-bond donors (Lipinski definition) is 2. The first kappa shape index (κ1) is 14.4. The van der Waals surface area contributed by atoms with Crippen molar-refractivity contribution in [3.63, 3.8) is 0 Å². The van der Waals surface area contributed by atoms with Crippen LogP contribution in [-0.2, 0) is 0 Å². The lowest BCUT2D eigenvalue weighted by molar-refractivity contribution is 0.0933. The molecule has 0 saturated heterocycles. The fourth-order valence-corrected chi connectivity index (χ4v) is 2.22. The number of hydrogen-bond acceptors (Lipinski definition) is 2. The van der Waals surface area contributed by atoms with E-state index in [1.165, 1.54) is 0 Å². The molecule has 0 heterocycles. The maximum absolute atomic E-state index is 12.0. The molecule has 1 aromatic carbocycles. The average Bonchev–Trinajstić information content (AvgIpc) is 2.27. The topological polar surface area (TPSA) is 55.1 Å². The van der Waals surface area contributed by atoms with Crippen LogP contribution in [0.15, 0.2) is 24.3 Å². The highest BCUT2D eigenvalue weighted by molar-refractivity contribution is 14.1. The average molecular weight is 346 g/mol. The van der Waals surface area contributed by atoms with Crippen LogP contribution in [0.25, 0.3) is 0 Å². The smallest absolute Gasteiger partial charge is 0.251 e. The summed E-state index contributed by atoms with van der Waals surface area (Å²) in [7, 11) is 0. The third kappa shape index (κ3) is 5.04. The number of nitrogens with two attached hydrogens (primary N) is 1. The van der Waals surface area contributed by atoms with Gasteiger partial charge in [0.25, 0.3) is 5.91 Å². The fraction of sp³-hybridized carbons (Fsp3) is 0.462. The number of nitrogens with one attached hydrogen (secondary N) is 1. The molecule has 0 aromatic heterocycles. The van der Waals surface area contributed by atoms with E-state index in [0.717, 1.165) is 9.99 Å². The van der Waals surface area contributed by atoms with Crippen LogP contribution in [0.3, 0.4) is 0 Å². The third-order valence-electron chi connectivity index (χ3n) is 2.46. The number of halogens is 1. The van der Waals surface area contributed by atoms with Gasteiger partial charge in [0.1, 0.15) is 0 Å². The normalized spacial score (nSPS) is 12.5. The van der Waals surface area contributed by atoms with Crippen molar-refractivity contribution < 1.29 is 4.79 Å². The lowest BCUT2D eigenvalue weighted by Gasteiger charge is -2.18. The van der Waals surface area contributed by atoms with E-state index >= 15 is 0 Å². The molecular formula is C13H19IN2O. The van der Waals surface area contributed by atoms with Crippen LogP contribution in [0.4, 0.5) is 0 Å². The second-order valence-electron chi connectivity index (χ2n) is 4.55. The second-order valence-corrected chi connectivity index (χ2v) is 5.79. The van der Waals surface area contributed by atoms with Crippen molar-refractivity contribution >= 4 is 28.5 Å². The summed E-state index contributed by atoms with van der Waals surface area (Å²) in [5, 5.41) is 2.97. The van der Waals surface area contributed by atoms with E-state index in [2.05, 4.69) is 41.8 Å². The van der Waals surface area contributed by atoms with Crippen LogP contribution in [0.2, 0.25) is 0 Å². The minimum absolute atomic E-state index is 0.0420. The molecule has 1 aromatic rings. The Bertz CT molecular complexity index is 379. The van der Waals surface area contributed by atoms with Crippen LogP contribution >= 0.6 is 22.6 Å². The summed E-state index contributed by atoms with van der Waals surface area (Å²) in [6, 6.07) is 7.60. The number of carbonyl (C=O) groups excluding carboxylic acids is 1. The zero-order valence-corrected chi connectivity index (χ0v) is 12.4. The molecule has 17 heavy (non-hydrogen) atoms. The van der Waals surface area contributed by atoms with Gasteiger partial charge in [-0.2, -0.15) is 0 Å². The Kier molecular flexibility index (Phi) is 5.91. The van der Waals surface area contributed by atoms with E-state index in [1.54, 1.807) is 0 Å². The van der Waals surface area contributed by atoms with Gasteiger partial charge in [0.05, 0.1) is 0 Å². The quantitative estimate of drug-likeness (QED) is 0.805. The van der Waals surface area contributed by atoms with Gasteiger partial charge in [-0.15, -0.1) is 0 Å². The monoisotopic (exact) mass is 346 g/mol. The molecule has 0 fully saturated rings. The van der Waals surface area contributed by atoms with Crippen molar-refractivity contribution in [3.05, 3.63) is 33.4 Å². The molecular weight excluding hydrogens is 327 g/mol. The van der Waals surface area contributed by atoms with Gasteiger partial charge in [-0.05, 0) is 53.1 Å². The van der Waals surface area contributed by atoms with Crippen molar-refractivity contribution in [2.75, 3.05) is 6.54 Å². The zero-order chi connectivity index (χ0) is 12.8. The van der Waals surface area contributed by atoms with Gasteiger partial charge < -0.3 is 11.1 Å². The molecule has 0 aliphatic heterocycles. The minimum Gasteiger partial charge on any atom is -0.348 e. The summed E-state index contributed by atoms with van der Waals surface area (Å²) in [4.78, 5) is 12.0. The maximum atomic E-state index is 12.0. The fourth-order valence-electron chi connectivity index (χ4n) is 1.68. The van der Waals surface area contributed by atoms with E-state index in [0.29, 0.717) is 18.0 Å². The van der Waals surface area contributed by atoms with E-state index in [4.69, 9.17) is 5.73 Å². The Balaban J connectivity index is 2.64. The molecule has 1 unspecified atom stereocenters. The zero-order valence-electron chi connectivity index (χ0n) is 10.2. The summed E-state index contributed by atoms with van der Waals surface area (Å²) in [6.45, 7) is 4.73. The standard InChI is InChI=1S/C13H19IN2O/c1-9(2)6-12(8-15)16-13(17)10-4-3-5-11(14)7-10/h3-5,7,9,12H,6,8,15H2,1-2H3,(H,16,17). The van der Waals surface area contributed by atoms with E-state index < -0.39 is 0 Å². The van der Waals surface area contributed by atoms with Gasteiger partial charge in [0, 0.05) is 21.7 Å². The maximum Gasteiger partial charge on any atom is 0.251 e. The second kappa shape index (κ2) is 6.96. The van der Waals surface area contributed by atoms with Crippen LogP contribution < -0.4 is 11.1 Å². The molecule has 1 rings (SSSR count). The van der Waals surface area contributed by atoms with Crippen molar-refractivity contribution in [3.8, 4) is 0 Å². The van der Waals surface area contributed by atoms with Gasteiger partial charge in [-0.25, -0.2) is 0 Å². The highest BCUT2D eigenvalue weighted by Crippen LogP contribution is 2.09. The summed E-state index contributed by atoms with van der Waals surface area (Å²) in [5.74, 6) is 0.486. The highest BCUT2D eigenvalue weighted by atomic mass is 127. The molecule has 1 atom stereocenters. The molecule has 1 amide bonds. The van der Waals surface area contributed by atoms with Crippen LogP contribution in [0.5, 0.6) is 0 Å². The summed E-state index contributed by atoms with van der Waals surface area (Å²) >= 11 is 2.20. The predicted octanol–water partition coefficient (Wildman–Crippen LogP) is 2.39. The van der Waals surface area contributed by atoms with Crippen LogP contribution in [0.1, 0.15) is 30.6 Å². The largest absolute Gasteiger partial charge is 0.348 e. The summed E-state index contributed by atoms with van der Waals surface area (Å²) in [6.07, 6.45) is 0.909. The first-order valence-electron chi connectivity index (χ1n) is 5.79. The van der Waals surface area contributed by atoms with Crippen molar-refractivity contribution in [2.45, 2.75) is 26.3 Å². The highest BCUT2D eigenvalue weighted by Gasteiger charge is 2.13. The molecule has 3 nitrogen and oxygen atoms in total. The van der Waals surface area contributed by atoms with Gasteiger partial charge in [-0.3, -0.25) is 4.79 Å². The van der Waals surface area contributed by atoms with Gasteiger partial charge in [0.2, 0.25) is 0 Å². The molecule has 0 aliphatic rings. The Hall–Kier alpha value is -0.620. The third-order valence-corrected chi connectivity index (χ3v) is 3.13. The Labute approximate surface area is 116 Å². The number of carbonyl (C=O) groups is 1. The molecule has 0 spiro atoms. The molecule has 0 bridgehead atoms. The molecule has 0 radical (unpaired) electrons. The Morgan fingerprint density at radius 3 is 2.71 bits per heavy atom. The Morgan fingerprint density at radius 1 is 1.47 bits per heavy atom. The van der Waals surface area contributed by atoms with Crippen molar-refractivity contribution in [2.24, 2.45) is 11.7 Å². The van der Waals surface area contributed by atoms with Crippen LogP contribution in [-0.4, -0.2) is 18.5 Å². The van der Waals surface area contributed by atoms with Gasteiger partial charge >= 0.3 is 0 Å². The first-order chi connectivity index (χ1) is 8.02. The lowest BCUT2D eigenvalue weighted by atomic mass is 10.0. The molecule has 4 heteroatoms. The first-order valence-corrected chi connectivity index (χ1v) is 6.87. The molecule has 0 saturated carbocycles. The SMILES string of the molecule is CC(C)CC(CN)NC(=O)c1cccc(I)c1. The summed E-state index contributed by atoms with van der Waals surface area (Å²) in [5.41, 5.74) is 6.35. The molecule has 3 N–H and O–H groups in total. The lowest BCUT2D eigenvalue weighted by Crippen LogP contribution is -2.41. The van der Waals surface area contributed by atoms with Gasteiger partial charge in [0.15, 0.2) is 0 Å². The number of amides is 1.